The number of methoxy groups -OCH3 is 1. The highest BCUT2D eigenvalue weighted by Gasteiger charge is 2.15. The monoisotopic (exact) mass is 535 g/mol. The molecule has 0 bridgehead atoms. The van der Waals surface area contributed by atoms with Crippen LogP contribution < -0.4 is 4.90 Å². The van der Waals surface area contributed by atoms with Crippen LogP contribution in [0.25, 0.3) is 36.9 Å². The van der Waals surface area contributed by atoms with Crippen molar-refractivity contribution in [2.45, 2.75) is 0 Å². The summed E-state index contributed by atoms with van der Waals surface area (Å²) in [5.74, 6) is 0.587. The van der Waals surface area contributed by atoms with E-state index in [2.05, 4.69) is 133 Å². The van der Waals surface area contributed by atoms with E-state index in [1.807, 2.05) is 29.6 Å². The smallest absolute Gasteiger partial charge is 0.112 e. The van der Waals surface area contributed by atoms with Gasteiger partial charge in [-0.2, -0.15) is 0 Å². The Kier molecular flexibility index (Phi) is 7.05. The minimum atomic E-state index is 0.587. The molecule has 0 aliphatic heterocycles. The summed E-state index contributed by atoms with van der Waals surface area (Å²) in [5, 5.41) is 2.64. The van der Waals surface area contributed by atoms with Gasteiger partial charge in [0.25, 0.3) is 0 Å². The maximum absolute atomic E-state index is 5.28. The van der Waals surface area contributed by atoms with Crippen LogP contribution in [0.1, 0.15) is 5.56 Å². The number of nitrogens with zero attached hydrogens (tertiary/aromatic N) is 1. The lowest BCUT2D eigenvalue weighted by Gasteiger charge is -2.26. The van der Waals surface area contributed by atoms with Crippen LogP contribution in [0.15, 0.2) is 152 Å². The maximum Gasteiger partial charge on any atom is 0.112 e. The van der Waals surface area contributed by atoms with Crippen molar-refractivity contribution in [3.63, 3.8) is 0 Å². The van der Waals surface area contributed by atoms with Crippen molar-refractivity contribution in [1.29, 1.82) is 0 Å². The Morgan fingerprint density at radius 3 is 2.17 bits per heavy atom. The van der Waals surface area contributed by atoms with Crippen molar-refractivity contribution in [1.82, 2.24) is 0 Å². The van der Waals surface area contributed by atoms with E-state index < -0.39 is 0 Å². The molecule has 2 nitrogen and oxygen atoms in total. The molecule has 40 heavy (non-hydrogen) atoms. The second-order valence-electron chi connectivity index (χ2n) is 9.52. The van der Waals surface area contributed by atoms with Crippen molar-refractivity contribution in [3.05, 3.63) is 158 Å². The number of benzene rings is 5. The highest BCUT2D eigenvalue weighted by molar-refractivity contribution is 7.25. The third-order valence-electron chi connectivity index (χ3n) is 7.09. The van der Waals surface area contributed by atoms with Gasteiger partial charge in [0.1, 0.15) is 5.76 Å². The first-order valence-corrected chi connectivity index (χ1v) is 14.0. The van der Waals surface area contributed by atoms with Crippen LogP contribution in [-0.2, 0) is 4.74 Å². The van der Waals surface area contributed by atoms with Crippen molar-refractivity contribution in [2.75, 3.05) is 12.0 Å². The van der Waals surface area contributed by atoms with Gasteiger partial charge in [-0.15, -0.1) is 11.3 Å². The first kappa shape index (κ1) is 25.4. The van der Waals surface area contributed by atoms with E-state index in [-0.39, 0.29) is 0 Å². The zero-order valence-corrected chi connectivity index (χ0v) is 23.2. The standard InChI is InChI=1S/C37H29NOS/c1-4-27(24-26(2)39-3)29-12-10-15-32(25-29)38(30-13-6-5-7-14-30)31-22-20-28(21-23-31)33-17-11-19-36-37(33)34-16-8-9-18-35(34)40-36/h4-25H,1-2H2,3H3/b27-24+. The van der Waals surface area contributed by atoms with Crippen LogP contribution in [0.5, 0.6) is 0 Å². The van der Waals surface area contributed by atoms with E-state index in [0.29, 0.717) is 5.76 Å². The lowest BCUT2D eigenvalue weighted by molar-refractivity contribution is 0.309. The lowest BCUT2D eigenvalue weighted by Crippen LogP contribution is -2.10. The summed E-state index contributed by atoms with van der Waals surface area (Å²) in [7, 11) is 1.62. The molecule has 5 aromatic carbocycles. The van der Waals surface area contributed by atoms with Gasteiger partial charge in [-0.05, 0) is 76.9 Å². The molecule has 3 heteroatoms. The molecule has 0 atom stereocenters. The molecule has 0 spiro atoms. The highest BCUT2D eigenvalue weighted by atomic mass is 32.1. The van der Waals surface area contributed by atoms with Crippen LogP contribution >= 0.6 is 11.3 Å². The third-order valence-corrected chi connectivity index (χ3v) is 8.23. The fourth-order valence-corrected chi connectivity index (χ4v) is 6.28. The first-order valence-electron chi connectivity index (χ1n) is 13.2. The van der Waals surface area contributed by atoms with Crippen LogP contribution in [0.2, 0.25) is 0 Å². The fourth-order valence-electron chi connectivity index (χ4n) is 5.15. The molecule has 0 saturated heterocycles. The van der Waals surface area contributed by atoms with Gasteiger partial charge in [0.05, 0.1) is 7.11 Å². The molecule has 0 radical (unpaired) electrons. The predicted octanol–water partition coefficient (Wildman–Crippen LogP) is 10.9. The predicted molar refractivity (Wildman–Crippen MR) is 174 cm³/mol. The maximum atomic E-state index is 5.28. The van der Waals surface area contributed by atoms with Gasteiger partial charge in [-0.25, -0.2) is 0 Å². The first-order chi connectivity index (χ1) is 19.7. The Hall–Kier alpha value is -4.86. The van der Waals surface area contributed by atoms with E-state index in [0.717, 1.165) is 28.2 Å². The fraction of sp³-hybridized carbons (Fsp3) is 0.0270. The average molecular weight is 536 g/mol. The molecule has 1 heterocycles. The van der Waals surface area contributed by atoms with Crippen LogP contribution in [0, 0.1) is 0 Å². The van der Waals surface area contributed by atoms with Gasteiger partial charge in [-0.1, -0.05) is 92.0 Å². The summed E-state index contributed by atoms with van der Waals surface area (Å²) in [5.41, 5.74) is 7.68. The number of anilines is 3. The molecule has 0 unspecified atom stereocenters. The molecule has 6 rings (SSSR count). The molecular weight excluding hydrogens is 506 g/mol. The average Bonchev–Trinajstić information content (AvgIpc) is 3.40. The Labute approximate surface area is 239 Å². The van der Waals surface area contributed by atoms with Crippen LogP contribution in [0.3, 0.4) is 0 Å². The molecule has 1 aromatic heterocycles. The number of thiophene rings is 1. The summed E-state index contributed by atoms with van der Waals surface area (Å²) in [6.07, 6.45) is 3.74. The molecule has 0 saturated carbocycles. The van der Waals surface area contributed by atoms with Crippen molar-refractivity contribution in [3.8, 4) is 11.1 Å². The summed E-state index contributed by atoms with van der Waals surface area (Å²) >= 11 is 1.85. The Balaban J connectivity index is 1.44. The SMILES string of the molecule is C=C/C(=C\C(=C)OC)c1cccc(N(c2ccccc2)c2ccc(-c3cccc4sc5ccccc5c34)cc2)c1. The topological polar surface area (TPSA) is 12.5 Å². The summed E-state index contributed by atoms with van der Waals surface area (Å²) in [6, 6.07) is 43.1. The van der Waals surface area contributed by atoms with Crippen LogP contribution in [-0.4, -0.2) is 7.11 Å². The molecule has 0 N–H and O–H groups in total. The number of hydrogen-bond donors (Lipinski definition) is 0. The Morgan fingerprint density at radius 2 is 1.40 bits per heavy atom. The number of allylic oxidation sites excluding steroid dienone is 3. The van der Waals surface area contributed by atoms with E-state index in [1.165, 1.54) is 31.3 Å². The molecule has 0 amide bonds. The van der Waals surface area contributed by atoms with Crippen molar-refractivity contribution >= 4 is 54.1 Å². The molecule has 194 valence electrons. The van der Waals surface area contributed by atoms with Gasteiger partial charge in [0.15, 0.2) is 0 Å². The third kappa shape index (κ3) is 4.84. The molecule has 0 aliphatic rings. The number of para-hydroxylation sites is 1. The minimum absolute atomic E-state index is 0.587. The second kappa shape index (κ2) is 11.1. The zero-order chi connectivity index (χ0) is 27.5. The normalized spacial score (nSPS) is 11.5. The number of hydrogen-bond acceptors (Lipinski definition) is 3. The minimum Gasteiger partial charge on any atom is -0.497 e. The number of fused-ring (bicyclic) bond motifs is 3. The van der Waals surface area contributed by atoms with Gasteiger partial charge in [0.2, 0.25) is 0 Å². The second-order valence-corrected chi connectivity index (χ2v) is 10.6. The summed E-state index contributed by atoms with van der Waals surface area (Å²) < 4.78 is 7.92. The molecular formula is C37H29NOS. The van der Waals surface area contributed by atoms with E-state index in [1.54, 1.807) is 7.11 Å². The lowest BCUT2D eigenvalue weighted by atomic mass is 9.99. The van der Waals surface area contributed by atoms with E-state index in [4.69, 9.17) is 4.74 Å². The molecule has 6 aromatic rings. The van der Waals surface area contributed by atoms with Crippen molar-refractivity contribution < 1.29 is 4.74 Å². The van der Waals surface area contributed by atoms with Crippen molar-refractivity contribution in [2.24, 2.45) is 0 Å². The van der Waals surface area contributed by atoms with Crippen LogP contribution in [0.4, 0.5) is 17.1 Å². The zero-order valence-electron chi connectivity index (χ0n) is 22.4. The van der Waals surface area contributed by atoms with Gasteiger partial charge in [-0.3, -0.25) is 0 Å². The largest absolute Gasteiger partial charge is 0.497 e. The quantitative estimate of drug-likeness (QED) is 0.142. The van der Waals surface area contributed by atoms with Gasteiger partial charge < -0.3 is 9.64 Å². The van der Waals surface area contributed by atoms with Gasteiger partial charge >= 0.3 is 0 Å². The van der Waals surface area contributed by atoms with E-state index >= 15 is 0 Å². The number of rotatable bonds is 8. The highest BCUT2D eigenvalue weighted by Crippen LogP contribution is 2.41. The Morgan fingerprint density at radius 1 is 0.725 bits per heavy atom. The Bertz CT molecular complexity index is 1860. The summed E-state index contributed by atoms with van der Waals surface area (Å²) in [4.78, 5) is 2.28. The molecule has 0 fully saturated rings. The number of ether oxygens (including phenoxy) is 1. The van der Waals surface area contributed by atoms with Gasteiger partial charge in [0, 0.05) is 37.2 Å². The summed E-state index contributed by atoms with van der Waals surface area (Å²) in [6.45, 7) is 7.96. The van der Waals surface area contributed by atoms with E-state index in [9.17, 15) is 0 Å². The molecule has 0 aliphatic carbocycles.